The normalized spacial score (nSPS) is 13.6. The molecule has 0 fully saturated rings. The van der Waals surface area contributed by atoms with Crippen LogP contribution in [0.15, 0.2) is 35.5 Å². The van der Waals surface area contributed by atoms with Crippen molar-refractivity contribution in [3.63, 3.8) is 0 Å². The van der Waals surface area contributed by atoms with Gasteiger partial charge in [0.2, 0.25) is 29.5 Å². The summed E-state index contributed by atoms with van der Waals surface area (Å²) >= 11 is 0. The third-order valence-corrected chi connectivity index (χ3v) is 6.36. The molecule has 0 radical (unpaired) electrons. The SMILES string of the molecule is NC(=O)CCC(NC(=O)C(CCCN=C(N)N)NC(=O)C(CC(N)=O)NC(=O)C(N)Cc1c[nH]c2ccccc12)C(=O)O. The van der Waals surface area contributed by atoms with Crippen molar-refractivity contribution in [3.05, 3.63) is 36.0 Å². The third kappa shape index (κ3) is 11.3. The lowest BCUT2D eigenvalue weighted by atomic mass is 10.0. The highest BCUT2D eigenvalue weighted by Gasteiger charge is 2.31. The van der Waals surface area contributed by atoms with Gasteiger partial charge in [0.05, 0.1) is 12.5 Å². The van der Waals surface area contributed by atoms with Crippen molar-refractivity contribution in [2.45, 2.75) is 62.7 Å². The number of carbonyl (C=O) groups is 6. The lowest BCUT2D eigenvalue weighted by molar-refractivity contribution is -0.142. The summed E-state index contributed by atoms with van der Waals surface area (Å²) in [6.07, 6.45) is 0.717. The molecule has 234 valence electrons. The van der Waals surface area contributed by atoms with E-state index >= 15 is 0 Å². The van der Waals surface area contributed by atoms with E-state index in [1.807, 2.05) is 24.3 Å². The Morgan fingerprint density at radius 2 is 1.47 bits per heavy atom. The predicted molar refractivity (Wildman–Crippen MR) is 156 cm³/mol. The maximum absolute atomic E-state index is 13.2. The molecular weight excluding hydrogens is 564 g/mol. The van der Waals surface area contributed by atoms with Gasteiger partial charge in [0.25, 0.3) is 0 Å². The van der Waals surface area contributed by atoms with E-state index in [9.17, 15) is 33.9 Å². The maximum atomic E-state index is 13.2. The van der Waals surface area contributed by atoms with E-state index in [-0.39, 0.29) is 44.6 Å². The van der Waals surface area contributed by atoms with Crippen LogP contribution >= 0.6 is 0 Å². The van der Waals surface area contributed by atoms with E-state index in [2.05, 4.69) is 25.9 Å². The van der Waals surface area contributed by atoms with Crippen molar-refractivity contribution in [2.24, 2.45) is 33.7 Å². The van der Waals surface area contributed by atoms with Crippen LogP contribution in [0.3, 0.4) is 0 Å². The van der Waals surface area contributed by atoms with Crippen LogP contribution in [0.2, 0.25) is 0 Å². The first-order valence-corrected chi connectivity index (χ1v) is 13.3. The molecule has 0 aliphatic heterocycles. The molecule has 4 unspecified atom stereocenters. The number of rotatable bonds is 18. The van der Waals surface area contributed by atoms with Crippen LogP contribution in [-0.4, -0.2) is 82.3 Å². The van der Waals surface area contributed by atoms with Gasteiger partial charge in [0, 0.05) is 30.1 Å². The van der Waals surface area contributed by atoms with Gasteiger partial charge in [-0.25, -0.2) is 4.79 Å². The van der Waals surface area contributed by atoms with Gasteiger partial charge >= 0.3 is 5.97 Å². The second kappa shape index (κ2) is 16.3. The average molecular weight is 603 g/mol. The zero-order valence-corrected chi connectivity index (χ0v) is 23.4. The van der Waals surface area contributed by atoms with Gasteiger partial charge in [0.15, 0.2) is 5.96 Å². The Morgan fingerprint density at radius 1 is 0.837 bits per heavy atom. The predicted octanol–water partition coefficient (Wildman–Crippen LogP) is -3.23. The van der Waals surface area contributed by atoms with Crippen LogP contribution < -0.4 is 44.6 Å². The summed E-state index contributed by atoms with van der Waals surface area (Å²) in [4.78, 5) is 80.5. The second-order valence-corrected chi connectivity index (χ2v) is 9.82. The quantitative estimate of drug-likeness (QED) is 0.0462. The van der Waals surface area contributed by atoms with Crippen LogP contribution in [0.1, 0.15) is 37.7 Å². The van der Waals surface area contributed by atoms with Crippen LogP contribution in [0.5, 0.6) is 0 Å². The first-order chi connectivity index (χ1) is 20.3. The molecule has 1 aromatic carbocycles. The topological polar surface area (TPSA) is 317 Å². The number of aromatic nitrogens is 1. The Kier molecular flexibility index (Phi) is 12.9. The number of primary amides is 2. The number of benzene rings is 1. The summed E-state index contributed by atoms with van der Waals surface area (Å²) in [6.45, 7) is 0.0795. The molecule has 2 aromatic rings. The first-order valence-electron chi connectivity index (χ1n) is 13.3. The van der Waals surface area contributed by atoms with Crippen LogP contribution in [-0.2, 0) is 35.2 Å². The molecule has 1 aromatic heterocycles. The number of aliphatic carboxylic acids is 1. The summed E-state index contributed by atoms with van der Waals surface area (Å²) in [5.41, 5.74) is 28.7. The number of hydrogen-bond acceptors (Lipinski definition) is 8. The number of nitrogens with two attached hydrogens (primary N) is 5. The zero-order valence-electron chi connectivity index (χ0n) is 23.4. The minimum atomic E-state index is -1.50. The molecule has 1 heterocycles. The van der Waals surface area contributed by atoms with Gasteiger partial charge < -0.3 is 54.7 Å². The summed E-state index contributed by atoms with van der Waals surface area (Å²) in [5, 5.41) is 17.4. The maximum Gasteiger partial charge on any atom is 0.326 e. The standard InChI is InChI=1S/C26H38N10O7/c27-15(10-13-12-33-16-5-2-1-4-14(13)16)22(39)36-19(11-21(29)38)24(41)34-17(6-3-9-32-26(30)31)23(40)35-18(25(42)43)7-8-20(28)37/h1-2,4-5,12,15,17-19,33H,3,6-11,27H2,(H2,28,37)(H2,29,38)(H,34,41)(H,35,40)(H,36,39)(H,42,43)(H4,30,31,32). The highest BCUT2D eigenvalue weighted by molar-refractivity contribution is 5.96. The largest absolute Gasteiger partial charge is 0.480 e. The molecule has 4 atom stereocenters. The Labute approximate surface area is 246 Å². The Balaban J connectivity index is 2.17. The van der Waals surface area contributed by atoms with Crippen molar-refractivity contribution in [1.29, 1.82) is 0 Å². The molecule has 0 saturated carbocycles. The van der Waals surface area contributed by atoms with Crippen LogP contribution in [0.4, 0.5) is 0 Å². The number of H-pyrrole nitrogens is 1. The molecule has 0 aliphatic carbocycles. The number of amides is 5. The Hall–Kier alpha value is -5.19. The second-order valence-electron chi connectivity index (χ2n) is 9.82. The molecule has 17 heteroatoms. The van der Waals surface area contributed by atoms with Crippen molar-refractivity contribution in [2.75, 3.05) is 6.54 Å². The summed E-state index contributed by atoms with van der Waals surface area (Å²) in [7, 11) is 0. The number of carboxylic acids is 1. The smallest absolute Gasteiger partial charge is 0.326 e. The third-order valence-electron chi connectivity index (χ3n) is 6.36. The van der Waals surface area contributed by atoms with Gasteiger partial charge in [-0.3, -0.25) is 29.0 Å². The minimum Gasteiger partial charge on any atom is -0.480 e. The number of para-hydroxylation sites is 1. The van der Waals surface area contributed by atoms with Crippen molar-refractivity contribution >= 4 is 52.4 Å². The summed E-state index contributed by atoms with van der Waals surface area (Å²) in [6, 6.07) is 1.96. The molecule has 0 saturated heterocycles. The highest BCUT2D eigenvalue weighted by atomic mass is 16.4. The number of nitrogens with one attached hydrogen (secondary N) is 4. The molecule has 0 aliphatic rings. The van der Waals surface area contributed by atoms with E-state index in [0.29, 0.717) is 0 Å². The Bertz CT molecular complexity index is 1350. The fraction of sp³-hybridized carbons (Fsp3) is 0.423. The number of hydrogen-bond donors (Lipinski definition) is 10. The highest BCUT2D eigenvalue weighted by Crippen LogP contribution is 2.18. The Morgan fingerprint density at radius 3 is 2.09 bits per heavy atom. The number of carbonyl (C=O) groups excluding carboxylic acids is 5. The van der Waals surface area contributed by atoms with Gasteiger partial charge in [-0.15, -0.1) is 0 Å². The van der Waals surface area contributed by atoms with Crippen molar-refractivity contribution in [1.82, 2.24) is 20.9 Å². The van der Waals surface area contributed by atoms with Crippen LogP contribution in [0, 0.1) is 0 Å². The summed E-state index contributed by atoms with van der Waals surface area (Å²) in [5.74, 6) is -5.92. The average Bonchev–Trinajstić information content (AvgIpc) is 3.33. The van der Waals surface area contributed by atoms with E-state index < -0.39 is 66.1 Å². The molecular formula is C26H38N10O7. The number of guanidine groups is 1. The van der Waals surface area contributed by atoms with E-state index in [1.54, 1.807) is 6.20 Å². The molecule has 5 amide bonds. The zero-order chi connectivity index (χ0) is 32.1. The van der Waals surface area contributed by atoms with Crippen molar-refractivity contribution in [3.8, 4) is 0 Å². The lowest BCUT2D eigenvalue weighted by Gasteiger charge is -2.24. The lowest BCUT2D eigenvalue weighted by Crippen LogP contribution is -2.58. The van der Waals surface area contributed by atoms with Crippen molar-refractivity contribution < 1.29 is 33.9 Å². The summed E-state index contributed by atoms with van der Waals surface area (Å²) < 4.78 is 0. The molecule has 43 heavy (non-hydrogen) atoms. The first kappa shape index (κ1) is 34.0. The molecule has 0 spiro atoms. The molecule has 0 bridgehead atoms. The number of carboxylic acid groups (broad SMARTS) is 1. The van der Waals surface area contributed by atoms with E-state index in [4.69, 9.17) is 28.7 Å². The number of aliphatic imine (C=N–C) groups is 1. The molecule has 17 nitrogen and oxygen atoms in total. The van der Waals surface area contributed by atoms with Gasteiger partial charge in [-0.2, -0.15) is 0 Å². The minimum absolute atomic E-state index is 0.0617. The van der Waals surface area contributed by atoms with Gasteiger partial charge in [-0.1, -0.05) is 18.2 Å². The van der Waals surface area contributed by atoms with Gasteiger partial charge in [-0.05, 0) is 37.3 Å². The van der Waals surface area contributed by atoms with E-state index in [0.717, 1.165) is 16.5 Å². The number of nitrogens with zero attached hydrogens (tertiary/aromatic N) is 1. The fourth-order valence-electron chi connectivity index (χ4n) is 4.18. The van der Waals surface area contributed by atoms with E-state index in [1.165, 1.54) is 0 Å². The van der Waals surface area contributed by atoms with Gasteiger partial charge in [0.1, 0.15) is 18.1 Å². The monoisotopic (exact) mass is 602 g/mol. The molecule has 15 N–H and O–H groups in total. The molecule has 2 rings (SSSR count). The van der Waals surface area contributed by atoms with Crippen LogP contribution in [0.25, 0.3) is 10.9 Å². The number of fused-ring (bicyclic) bond motifs is 1. The fourth-order valence-corrected chi connectivity index (χ4v) is 4.18. The number of aromatic amines is 1.